The molecule has 3 heteroatoms. The number of aromatic amines is 1. The van der Waals surface area contributed by atoms with Crippen molar-refractivity contribution in [3.63, 3.8) is 0 Å². The highest BCUT2D eigenvalue weighted by molar-refractivity contribution is 6.31. The van der Waals surface area contributed by atoms with Crippen molar-refractivity contribution in [2.45, 2.75) is 13.8 Å². The van der Waals surface area contributed by atoms with Crippen LogP contribution in [0.5, 0.6) is 0 Å². The molecule has 0 atom stereocenters. The number of hydrogen-bond acceptors (Lipinski definition) is 1. The average molecular weight is 257 g/mol. The standard InChI is InChI=1S/C15H13ClN2/c1-9-3-6-14-12(7-9)15(18-17-14)11-4-5-13(16)10(2)8-11/h3-8H,1-2H3,(H,17,18). The molecule has 0 aliphatic carbocycles. The van der Waals surface area contributed by atoms with E-state index in [1.807, 2.05) is 19.1 Å². The summed E-state index contributed by atoms with van der Waals surface area (Å²) >= 11 is 6.06. The van der Waals surface area contributed by atoms with Gasteiger partial charge in [-0.25, -0.2) is 0 Å². The molecule has 0 aliphatic rings. The highest BCUT2D eigenvalue weighted by atomic mass is 35.5. The third-order valence-electron chi connectivity index (χ3n) is 3.15. The molecule has 0 aliphatic heterocycles. The van der Waals surface area contributed by atoms with E-state index in [4.69, 9.17) is 11.6 Å². The largest absolute Gasteiger partial charge is 0.277 e. The summed E-state index contributed by atoms with van der Waals surface area (Å²) in [7, 11) is 0. The van der Waals surface area contributed by atoms with Crippen molar-refractivity contribution in [1.82, 2.24) is 10.2 Å². The molecule has 0 fully saturated rings. The van der Waals surface area contributed by atoms with E-state index in [2.05, 4.69) is 41.4 Å². The topological polar surface area (TPSA) is 28.7 Å². The highest BCUT2D eigenvalue weighted by Crippen LogP contribution is 2.29. The lowest BCUT2D eigenvalue weighted by Crippen LogP contribution is -1.82. The number of halogens is 1. The molecule has 0 saturated heterocycles. The van der Waals surface area contributed by atoms with Crippen LogP contribution >= 0.6 is 11.6 Å². The molecule has 0 amide bonds. The predicted molar refractivity (Wildman–Crippen MR) is 76.0 cm³/mol. The van der Waals surface area contributed by atoms with Crippen molar-refractivity contribution in [3.05, 3.63) is 52.5 Å². The van der Waals surface area contributed by atoms with Crippen molar-refractivity contribution in [2.24, 2.45) is 0 Å². The van der Waals surface area contributed by atoms with Gasteiger partial charge in [0.25, 0.3) is 0 Å². The maximum absolute atomic E-state index is 6.06. The Morgan fingerprint density at radius 2 is 1.89 bits per heavy atom. The highest BCUT2D eigenvalue weighted by Gasteiger charge is 2.09. The number of fused-ring (bicyclic) bond motifs is 1. The lowest BCUT2D eigenvalue weighted by molar-refractivity contribution is 1.12. The second-order valence-corrected chi connectivity index (χ2v) is 4.99. The van der Waals surface area contributed by atoms with Crippen LogP contribution in [-0.2, 0) is 0 Å². The van der Waals surface area contributed by atoms with Gasteiger partial charge in [0, 0.05) is 16.0 Å². The molecule has 0 unspecified atom stereocenters. The van der Waals surface area contributed by atoms with E-state index in [0.717, 1.165) is 32.7 Å². The molecule has 3 aromatic rings. The van der Waals surface area contributed by atoms with E-state index >= 15 is 0 Å². The molecule has 90 valence electrons. The Hall–Kier alpha value is -1.80. The summed E-state index contributed by atoms with van der Waals surface area (Å²) in [5, 5.41) is 9.41. The van der Waals surface area contributed by atoms with Crippen molar-refractivity contribution >= 4 is 22.5 Å². The molecule has 0 spiro atoms. The fourth-order valence-electron chi connectivity index (χ4n) is 2.14. The van der Waals surface area contributed by atoms with Crippen LogP contribution in [0.15, 0.2) is 36.4 Å². The van der Waals surface area contributed by atoms with E-state index in [1.54, 1.807) is 0 Å². The average Bonchev–Trinajstić information content (AvgIpc) is 2.75. The van der Waals surface area contributed by atoms with Crippen LogP contribution in [0.2, 0.25) is 5.02 Å². The number of aromatic nitrogens is 2. The zero-order valence-corrected chi connectivity index (χ0v) is 11.0. The summed E-state index contributed by atoms with van der Waals surface area (Å²) < 4.78 is 0. The fraction of sp³-hybridized carbons (Fsp3) is 0.133. The predicted octanol–water partition coefficient (Wildman–Crippen LogP) is 4.50. The minimum Gasteiger partial charge on any atom is -0.277 e. The van der Waals surface area contributed by atoms with Gasteiger partial charge in [-0.15, -0.1) is 0 Å². The number of nitrogens with one attached hydrogen (secondary N) is 1. The zero-order chi connectivity index (χ0) is 12.7. The summed E-state index contributed by atoms with van der Waals surface area (Å²) in [6.07, 6.45) is 0. The van der Waals surface area contributed by atoms with E-state index in [1.165, 1.54) is 5.56 Å². The number of hydrogen-bond donors (Lipinski definition) is 1. The van der Waals surface area contributed by atoms with Gasteiger partial charge in [-0.2, -0.15) is 5.10 Å². The molecule has 1 N–H and O–H groups in total. The first kappa shape index (κ1) is 11.3. The summed E-state index contributed by atoms with van der Waals surface area (Å²) in [5.74, 6) is 0. The van der Waals surface area contributed by atoms with Crippen molar-refractivity contribution in [1.29, 1.82) is 0 Å². The monoisotopic (exact) mass is 256 g/mol. The maximum Gasteiger partial charge on any atom is 0.0999 e. The summed E-state index contributed by atoms with van der Waals surface area (Å²) in [5.41, 5.74) is 5.43. The molecular formula is C15H13ClN2. The SMILES string of the molecule is Cc1ccc2[nH]nc(-c3ccc(Cl)c(C)c3)c2c1. The number of rotatable bonds is 1. The second kappa shape index (κ2) is 4.14. The summed E-state index contributed by atoms with van der Waals surface area (Å²) in [4.78, 5) is 0. The molecule has 1 heterocycles. The molecule has 1 aromatic heterocycles. The molecule has 0 radical (unpaired) electrons. The Kier molecular flexibility index (Phi) is 2.60. The third kappa shape index (κ3) is 1.79. The molecule has 0 saturated carbocycles. The molecule has 18 heavy (non-hydrogen) atoms. The number of H-pyrrole nitrogens is 1. The minimum atomic E-state index is 0.787. The van der Waals surface area contributed by atoms with Crippen LogP contribution < -0.4 is 0 Å². The van der Waals surface area contributed by atoms with Crippen molar-refractivity contribution in [3.8, 4) is 11.3 Å². The van der Waals surface area contributed by atoms with E-state index in [9.17, 15) is 0 Å². The molecule has 3 rings (SSSR count). The van der Waals surface area contributed by atoms with E-state index < -0.39 is 0 Å². The van der Waals surface area contributed by atoms with Crippen LogP contribution in [0.4, 0.5) is 0 Å². The van der Waals surface area contributed by atoms with E-state index in [-0.39, 0.29) is 0 Å². The second-order valence-electron chi connectivity index (χ2n) is 4.59. The van der Waals surface area contributed by atoms with Crippen LogP contribution in [-0.4, -0.2) is 10.2 Å². The summed E-state index contributed by atoms with van der Waals surface area (Å²) in [6, 6.07) is 12.3. The van der Waals surface area contributed by atoms with Gasteiger partial charge in [0.15, 0.2) is 0 Å². The lowest BCUT2D eigenvalue weighted by atomic mass is 10.0. The van der Waals surface area contributed by atoms with Gasteiger partial charge < -0.3 is 0 Å². The molecular weight excluding hydrogens is 244 g/mol. The van der Waals surface area contributed by atoms with Crippen LogP contribution in [0.25, 0.3) is 22.2 Å². The van der Waals surface area contributed by atoms with Crippen molar-refractivity contribution < 1.29 is 0 Å². The van der Waals surface area contributed by atoms with E-state index in [0.29, 0.717) is 0 Å². The van der Waals surface area contributed by atoms with Crippen LogP contribution in [0.1, 0.15) is 11.1 Å². The Bertz CT molecular complexity index is 728. The molecule has 2 nitrogen and oxygen atoms in total. The number of benzene rings is 2. The number of nitrogens with zero attached hydrogens (tertiary/aromatic N) is 1. The Morgan fingerprint density at radius 3 is 2.67 bits per heavy atom. The van der Waals surface area contributed by atoms with Gasteiger partial charge in [0.2, 0.25) is 0 Å². The molecule has 2 aromatic carbocycles. The Labute approximate surface area is 111 Å². The van der Waals surface area contributed by atoms with Gasteiger partial charge in [-0.3, -0.25) is 5.10 Å². The van der Waals surface area contributed by atoms with Gasteiger partial charge >= 0.3 is 0 Å². The van der Waals surface area contributed by atoms with Gasteiger partial charge in [0.05, 0.1) is 11.2 Å². The first-order valence-electron chi connectivity index (χ1n) is 5.86. The smallest absolute Gasteiger partial charge is 0.0999 e. The maximum atomic E-state index is 6.06. The quantitative estimate of drug-likeness (QED) is 0.682. The van der Waals surface area contributed by atoms with Gasteiger partial charge in [-0.1, -0.05) is 29.3 Å². The van der Waals surface area contributed by atoms with Gasteiger partial charge in [-0.05, 0) is 43.7 Å². The number of aryl methyl sites for hydroxylation is 2. The van der Waals surface area contributed by atoms with Crippen LogP contribution in [0, 0.1) is 13.8 Å². The zero-order valence-electron chi connectivity index (χ0n) is 10.3. The van der Waals surface area contributed by atoms with Crippen LogP contribution in [0.3, 0.4) is 0 Å². The normalized spacial score (nSPS) is 11.1. The first-order valence-corrected chi connectivity index (χ1v) is 6.24. The lowest BCUT2D eigenvalue weighted by Gasteiger charge is -2.02. The fourth-order valence-corrected chi connectivity index (χ4v) is 2.26. The molecule has 0 bridgehead atoms. The first-order chi connectivity index (χ1) is 8.65. The van der Waals surface area contributed by atoms with Gasteiger partial charge in [0.1, 0.15) is 0 Å². The Morgan fingerprint density at radius 1 is 1.06 bits per heavy atom. The third-order valence-corrected chi connectivity index (χ3v) is 3.57. The Balaban J connectivity index is 2.24. The minimum absolute atomic E-state index is 0.787. The van der Waals surface area contributed by atoms with Crippen molar-refractivity contribution in [2.75, 3.05) is 0 Å². The summed E-state index contributed by atoms with van der Waals surface area (Å²) in [6.45, 7) is 4.09.